The Morgan fingerprint density at radius 3 is 2.44 bits per heavy atom. The summed E-state index contributed by atoms with van der Waals surface area (Å²) in [4.78, 5) is 16.5. The zero-order valence-corrected chi connectivity index (χ0v) is 14.4. The molecule has 1 aliphatic rings. The number of carbonyl (C=O) groups is 1. The average molecular weight is 355 g/mol. The second-order valence-corrected chi connectivity index (χ2v) is 7.68. The van der Waals surface area contributed by atoms with Crippen LogP contribution in [0.3, 0.4) is 0 Å². The highest BCUT2D eigenvalue weighted by molar-refractivity contribution is 7.92. The minimum atomic E-state index is -4.03. The lowest BCUT2D eigenvalue weighted by Gasteiger charge is -2.36. The van der Waals surface area contributed by atoms with E-state index in [9.17, 15) is 13.2 Å². The van der Waals surface area contributed by atoms with Gasteiger partial charge in [-0.15, -0.1) is 0 Å². The van der Waals surface area contributed by atoms with Crippen LogP contribution in [0.1, 0.15) is 5.56 Å². The third kappa shape index (κ3) is 2.68. The Hall–Kier alpha value is -2.73. The zero-order valence-electron chi connectivity index (χ0n) is 13.6. The Kier molecular flexibility index (Phi) is 4.55. The van der Waals surface area contributed by atoms with E-state index in [1.165, 1.54) is 25.4 Å². The van der Waals surface area contributed by atoms with Crippen LogP contribution in [0.15, 0.2) is 84.1 Å². The molecule has 6 heteroatoms. The highest BCUT2D eigenvalue weighted by Crippen LogP contribution is 2.45. The smallest absolute Gasteiger partial charge is 0.314 e. The number of hydrogen-bond acceptors (Lipinski definition) is 5. The maximum Gasteiger partial charge on any atom is 0.314 e. The minimum Gasteiger partial charge on any atom is -0.469 e. The summed E-state index contributed by atoms with van der Waals surface area (Å²) in [5, 5.41) is -0.0901. The molecule has 1 aromatic carbocycles. The van der Waals surface area contributed by atoms with Crippen molar-refractivity contribution in [2.45, 2.75) is 9.77 Å². The van der Waals surface area contributed by atoms with E-state index in [1.807, 2.05) is 0 Å². The van der Waals surface area contributed by atoms with Gasteiger partial charge >= 0.3 is 5.97 Å². The first-order chi connectivity index (χ1) is 12.0. The predicted octanol–water partition coefficient (Wildman–Crippen LogP) is 2.67. The van der Waals surface area contributed by atoms with Gasteiger partial charge in [-0.2, -0.15) is 0 Å². The van der Waals surface area contributed by atoms with Crippen LogP contribution in [-0.2, 0) is 24.1 Å². The molecule has 1 aromatic heterocycles. The fourth-order valence-corrected chi connectivity index (χ4v) is 5.08. The standard InChI is InChI=1S/C19H17NO4S/c1-24-18(21)16-11-5-7-13-19(16,15-9-3-2-4-10-15)25(22,23)17-12-6-8-14-20-17/h2-14,16H,1H3. The van der Waals surface area contributed by atoms with Crippen molar-refractivity contribution in [2.75, 3.05) is 7.11 Å². The van der Waals surface area contributed by atoms with E-state index < -0.39 is 26.5 Å². The molecule has 3 rings (SSSR count). The molecule has 0 fully saturated rings. The maximum absolute atomic E-state index is 13.6. The second-order valence-electron chi connectivity index (χ2n) is 5.58. The molecular formula is C19H17NO4S. The van der Waals surface area contributed by atoms with E-state index in [1.54, 1.807) is 60.7 Å². The lowest BCUT2D eigenvalue weighted by atomic mass is 9.82. The third-order valence-corrected chi connectivity index (χ3v) is 6.57. The summed E-state index contributed by atoms with van der Waals surface area (Å²) in [5.74, 6) is -1.64. The molecule has 0 saturated heterocycles. The van der Waals surface area contributed by atoms with Crippen molar-refractivity contribution >= 4 is 15.8 Å². The zero-order chi connectivity index (χ0) is 17.9. The summed E-state index contributed by atoms with van der Waals surface area (Å²) >= 11 is 0. The van der Waals surface area contributed by atoms with E-state index in [-0.39, 0.29) is 5.03 Å². The monoisotopic (exact) mass is 355 g/mol. The van der Waals surface area contributed by atoms with E-state index in [4.69, 9.17) is 4.74 Å². The number of nitrogens with zero attached hydrogens (tertiary/aromatic N) is 1. The van der Waals surface area contributed by atoms with Crippen molar-refractivity contribution < 1.29 is 17.9 Å². The first-order valence-electron chi connectivity index (χ1n) is 7.69. The summed E-state index contributed by atoms with van der Waals surface area (Å²) in [5.41, 5.74) is 0.483. The summed E-state index contributed by atoms with van der Waals surface area (Å²) in [6.07, 6.45) is 7.79. The van der Waals surface area contributed by atoms with Gasteiger partial charge in [-0.1, -0.05) is 60.7 Å². The molecule has 5 nitrogen and oxygen atoms in total. The second kappa shape index (κ2) is 6.64. The molecule has 0 aliphatic heterocycles. The van der Waals surface area contributed by atoms with Gasteiger partial charge in [-0.25, -0.2) is 13.4 Å². The van der Waals surface area contributed by atoms with Crippen molar-refractivity contribution in [2.24, 2.45) is 5.92 Å². The van der Waals surface area contributed by atoms with Gasteiger partial charge in [0.2, 0.25) is 9.84 Å². The number of hydrogen-bond donors (Lipinski definition) is 0. The quantitative estimate of drug-likeness (QED) is 0.789. The van der Waals surface area contributed by atoms with Crippen molar-refractivity contribution in [1.82, 2.24) is 4.98 Å². The van der Waals surface area contributed by atoms with Gasteiger partial charge in [0, 0.05) is 6.20 Å². The summed E-state index contributed by atoms with van der Waals surface area (Å²) < 4.78 is 30.4. The van der Waals surface area contributed by atoms with Gasteiger partial charge in [-0.3, -0.25) is 4.79 Å². The number of aromatic nitrogens is 1. The number of sulfone groups is 1. The molecule has 0 amide bonds. The van der Waals surface area contributed by atoms with Gasteiger partial charge in [0.1, 0.15) is 10.7 Å². The fourth-order valence-electron chi connectivity index (χ4n) is 3.07. The highest BCUT2D eigenvalue weighted by atomic mass is 32.2. The molecule has 2 unspecified atom stereocenters. The SMILES string of the molecule is COC(=O)C1C=CC=CC1(c1ccccc1)S(=O)(=O)c1ccccn1. The average Bonchev–Trinajstić information content (AvgIpc) is 2.68. The van der Waals surface area contributed by atoms with Crippen molar-refractivity contribution in [3.63, 3.8) is 0 Å². The molecule has 1 heterocycles. The number of carbonyl (C=O) groups excluding carboxylic acids is 1. The van der Waals surface area contributed by atoms with Crippen LogP contribution in [0.4, 0.5) is 0 Å². The topological polar surface area (TPSA) is 73.3 Å². The van der Waals surface area contributed by atoms with Gasteiger partial charge in [0.15, 0.2) is 5.03 Å². The molecular weight excluding hydrogens is 338 g/mol. The Bertz CT molecular complexity index is 920. The Balaban J connectivity index is 2.33. The van der Waals surface area contributed by atoms with E-state index in [0.717, 1.165) is 0 Å². The van der Waals surface area contributed by atoms with E-state index in [0.29, 0.717) is 5.56 Å². The number of pyridine rings is 1. The van der Waals surface area contributed by atoms with Crippen molar-refractivity contribution in [3.05, 3.63) is 84.6 Å². The molecule has 2 atom stereocenters. The van der Waals surface area contributed by atoms with Gasteiger partial charge in [0.25, 0.3) is 0 Å². The third-order valence-electron chi connectivity index (χ3n) is 4.26. The summed E-state index contributed by atoms with van der Waals surface area (Å²) in [7, 11) is -2.78. The van der Waals surface area contributed by atoms with Gasteiger partial charge < -0.3 is 4.74 Å². The highest BCUT2D eigenvalue weighted by Gasteiger charge is 2.54. The minimum absolute atomic E-state index is 0.0901. The molecule has 0 saturated carbocycles. The van der Waals surface area contributed by atoms with Crippen molar-refractivity contribution in [1.29, 1.82) is 0 Å². The van der Waals surface area contributed by atoms with E-state index >= 15 is 0 Å². The lowest BCUT2D eigenvalue weighted by Crippen LogP contribution is -2.45. The summed E-state index contributed by atoms with van der Waals surface area (Å²) in [6, 6.07) is 13.3. The molecule has 1 aliphatic carbocycles. The van der Waals surface area contributed by atoms with Crippen molar-refractivity contribution in [3.8, 4) is 0 Å². The largest absolute Gasteiger partial charge is 0.469 e. The number of benzene rings is 1. The van der Waals surface area contributed by atoms with Crippen LogP contribution in [0.2, 0.25) is 0 Å². The number of esters is 1. The summed E-state index contributed by atoms with van der Waals surface area (Å²) in [6.45, 7) is 0. The Labute approximate surface area is 146 Å². The number of ether oxygens (including phenoxy) is 1. The molecule has 0 spiro atoms. The van der Waals surface area contributed by atoms with Crippen LogP contribution >= 0.6 is 0 Å². The number of rotatable bonds is 4. The number of methoxy groups -OCH3 is 1. The van der Waals surface area contributed by atoms with Crippen LogP contribution < -0.4 is 0 Å². The van der Waals surface area contributed by atoms with Crippen LogP contribution in [0.5, 0.6) is 0 Å². The molecule has 2 aromatic rings. The molecule has 0 N–H and O–H groups in total. The van der Waals surface area contributed by atoms with Crippen LogP contribution in [-0.4, -0.2) is 26.5 Å². The molecule has 0 bridgehead atoms. The Morgan fingerprint density at radius 1 is 1.08 bits per heavy atom. The molecule has 25 heavy (non-hydrogen) atoms. The first-order valence-corrected chi connectivity index (χ1v) is 9.17. The predicted molar refractivity (Wildman–Crippen MR) is 93.3 cm³/mol. The van der Waals surface area contributed by atoms with E-state index in [2.05, 4.69) is 4.98 Å². The van der Waals surface area contributed by atoms with Crippen LogP contribution in [0.25, 0.3) is 0 Å². The number of allylic oxidation sites excluding steroid dienone is 2. The van der Waals surface area contributed by atoms with Gasteiger partial charge in [-0.05, 0) is 17.7 Å². The van der Waals surface area contributed by atoms with Gasteiger partial charge in [0.05, 0.1) is 7.11 Å². The molecule has 128 valence electrons. The normalized spacial score (nSPS) is 22.5. The Morgan fingerprint density at radius 2 is 1.80 bits per heavy atom. The van der Waals surface area contributed by atoms with Crippen LogP contribution in [0, 0.1) is 5.92 Å². The first kappa shape index (κ1) is 17.1. The molecule has 0 radical (unpaired) electrons. The lowest BCUT2D eigenvalue weighted by molar-refractivity contribution is -0.144. The fraction of sp³-hybridized carbons (Fsp3) is 0.158. The maximum atomic E-state index is 13.6.